The molecule has 1 fully saturated rings. The van der Waals surface area contributed by atoms with Crippen LogP contribution >= 0.6 is 39.1 Å². The second kappa shape index (κ2) is 9.52. The van der Waals surface area contributed by atoms with Crippen molar-refractivity contribution in [2.75, 3.05) is 26.2 Å². The highest BCUT2D eigenvalue weighted by Crippen LogP contribution is 2.31. The number of nitrogens with zero attached hydrogens (tertiary/aromatic N) is 2. The largest absolute Gasteiger partial charge is 0.336 e. The van der Waals surface area contributed by atoms with E-state index in [1.165, 1.54) is 11.1 Å². The quantitative estimate of drug-likeness (QED) is 0.416. The number of hydrogen-bond acceptors (Lipinski definition) is 2. The fourth-order valence-corrected chi connectivity index (χ4v) is 4.66. The molecule has 0 spiro atoms. The maximum atomic E-state index is 13.0. The summed E-state index contributed by atoms with van der Waals surface area (Å²) in [4.78, 5) is 17.3. The fourth-order valence-electron chi connectivity index (χ4n) is 3.91. The summed E-state index contributed by atoms with van der Waals surface area (Å²) >= 11 is 15.7. The van der Waals surface area contributed by atoms with Gasteiger partial charge in [-0.1, -0.05) is 81.6 Å². The summed E-state index contributed by atoms with van der Waals surface area (Å²) in [6.07, 6.45) is 0. The van der Waals surface area contributed by atoms with Crippen molar-refractivity contribution < 1.29 is 4.79 Å². The first-order valence-electron chi connectivity index (χ1n) is 9.82. The molecule has 6 heteroatoms. The molecule has 0 unspecified atom stereocenters. The first kappa shape index (κ1) is 21.4. The van der Waals surface area contributed by atoms with E-state index in [9.17, 15) is 4.79 Å². The SMILES string of the molecule is O=C(c1ccc(Cl)cc1Cl)N1CCN([C@H](c2ccccc2)c2ccc(Br)cc2)CC1. The molecule has 154 valence electrons. The molecule has 0 aromatic heterocycles. The molecule has 1 amide bonds. The van der Waals surface area contributed by atoms with Crippen LogP contribution in [-0.4, -0.2) is 41.9 Å². The van der Waals surface area contributed by atoms with E-state index in [-0.39, 0.29) is 11.9 Å². The van der Waals surface area contributed by atoms with Crippen LogP contribution in [0.25, 0.3) is 0 Å². The van der Waals surface area contributed by atoms with Crippen LogP contribution < -0.4 is 0 Å². The van der Waals surface area contributed by atoms with Gasteiger partial charge in [-0.2, -0.15) is 0 Å². The molecule has 1 aliphatic rings. The van der Waals surface area contributed by atoms with Gasteiger partial charge in [0.2, 0.25) is 0 Å². The molecule has 30 heavy (non-hydrogen) atoms. The number of hydrogen-bond donors (Lipinski definition) is 0. The number of carbonyl (C=O) groups excluding carboxylic acids is 1. The second-order valence-corrected chi connectivity index (χ2v) is 9.08. The Hall–Kier alpha value is -1.85. The van der Waals surface area contributed by atoms with Crippen molar-refractivity contribution in [1.29, 1.82) is 0 Å². The van der Waals surface area contributed by atoms with Gasteiger partial charge in [-0.25, -0.2) is 0 Å². The molecule has 4 rings (SSSR count). The standard InChI is InChI=1S/C24H21BrCl2N2O/c25-19-8-6-18(7-9-19)23(17-4-2-1-3-5-17)28-12-14-29(15-13-28)24(30)21-11-10-20(26)16-22(21)27/h1-11,16,23H,12-15H2/t23-/m1/s1. The first-order chi connectivity index (χ1) is 14.5. The van der Waals surface area contributed by atoms with Crippen molar-refractivity contribution in [2.24, 2.45) is 0 Å². The summed E-state index contributed by atoms with van der Waals surface area (Å²) in [6.45, 7) is 2.87. The van der Waals surface area contributed by atoms with Crippen molar-refractivity contribution in [3.8, 4) is 0 Å². The second-order valence-electron chi connectivity index (χ2n) is 7.32. The summed E-state index contributed by atoms with van der Waals surface area (Å²) in [5, 5.41) is 0.925. The van der Waals surface area contributed by atoms with Crippen LogP contribution in [0.4, 0.5) is 0 Å². The third-order valence-electron chi connectivity index (χ3n) is 5.43. The van der Waals surface area contributed by atoms with E-state index >= 15 is 0 Å². The van der Waals surface area contributed by atoms with Gasteiger partial charge in [0.25, 0.3) is 5.91 Å². The zero-order chi connectivity index (χ0) is 21.1. The lowest BCUT2D eigenvalue weighted by molar-refractivity contribution is 0.0597. The third kappa shape index (κ3) is 4.73. The third-order valence-corrected chi connectivity index (χ3v) is 6.51. The summed E-state index contributed by atoms with van der Waals surface area (Å²) < 4.78 is 1.06. The molecule has 3 aromatic rings. The van der Waals surface area contributed by atoms with Gasteiger partial charge in [-0.15, -0.1) is 0 Å². The Labute approximate surface area is 195 Å². The molecule has 0 bridgehead atoms. The highest BCUT2D eigenvalue weighted by Gasteiger charge is 2.29. The number of halogens is 3. The summed E-state index contributed by atoms with van der Waals surface area (Å²) in [5.41, 5.74) is 2.99. The number of piperazine rings is 1. The minimum atomic E-state index is -0.0452. The molecule has 3 aromatic carbocycles. The summed E-state index contributed by atoms with van der Waals surface area (Å²) in [6, 6.07) is 24.2. The first-order valence-corrected chi connectivity index (χ1v) is 11.4. The van der Waals surface area contributed by atoms with E-state index in [1.54, 1.807) is 18.2 Å². The minimum absolute atomic E-state index is 0.0452. The topological polar surface area (TPSA) is 23.6 Å². The maximum Gasteiger partial charge on any atom is 0.255 e. The van der Waals surface area contributed by atoms with Crippen LogP contribution in [0.1, 0.15) is 27.5 Å². The zero-order valence-corrected chi connectivity index (χ0v) is 19.4. The Bertz CT molecular complexity index is 1020. The van der Waals surface area contributed by atoms with Crippen molar-refractivity contribution in [3.05, 3.63) is 104 Å². The monoisotopic (exact) mass is 502 g/mol. The van der Waals surface area contributed by atoms with E-state index in [4.69, 9.17) is 23.2 Å². The molecule has 1 heterocycles. The lowest BCUT2D eigenvalue weighted by atomic mass is 9.96. The van der Waals surface area contributed by atoms with E-state index in [2.05, 4.69) is 69.4 Å². The van der Waals surface area contributed by atoms with Gasteiger partial charge >= 0.3 is 0 Å². The molecule has 0 aliphatic carbocycles. The summed E-state index contributed by atoms with van der Waals surface area (Å²) in [5.74, 6) is -0.0452. The number of carbonyl (C=O) groups is 1. The average molecular weight is 504 g/mol. The van der Waals surface area contributed by atoms with Gasteiger partial charge in [-0.3, -0.25) is 9.69 Å². The molecular formula is C24H21BrCl2N2O. The minimum Gasteiger partial charge on any atom is -0.336 e. The van der Waals surface area contributed by atoms with Gasteiger partial charge < -0.3 is 4.90 Å². The van der Waals surface area contributed by atoms with E-state index in [1.807, 2.05) is 11.0 Å². The van der Waals surface area contributed by atoms with Gasteiger partial charge in [-0.05, 0) is 41.5 Å². The Morgan fingerprint density at radius 1 is 0.833 bits per heavy atom. The van der Waals surface area contributed by atoms with Crippen LogP contribution in [0.15, 0.2) is 77.3 Å². The number of rotatable bonds is 4. The number of benzene rings is 3. The van der Waals surface area contributed by atoms with Crippen molar-refractivity contribution in [2.45, 2.75) is 6.04 Å². The van der Waals surface area contributed by atoms with Gasteiger partial charge in [0.05, 0.1) is 16.6 Å². The Kier molecular flexibility index (Phi) is 6.79. The molecule has 3 nitrogen and oxygen atoms in total. The van der Waals surface area contributed by atoms with Crippen LogP contribution in [0, 0.1) is 0 Å². The normalized spacial score (nSPS) is 15.8. The van der Waals surface area contributed by atoms with E-state index < -0.39 is 0 Å². The smallest absolute Gasteiger partial charge is 0.255 e. The van der Waals surface area contributed by atoms with Gasteiger partial charge in [0, 0.05) is 35.7 Å². The zero-order valence-electron chi connectivity index (χ0n) is 16.3. The lowest BCUT2D eigenvalue weighted by Gasteiger charge is -2.40. The van der Waals surface area contributed by atoms with Gasteiger partial charge in [0.15, 0.2) is 0 Å². The Balaban J connectivity index is 1.53. The molecule has 1 atom stereocenters. The molecule has 0 saturated carbocycles. The molecule has 0 N–H and O–H groups in total. The van der Waals surface area contributed by atoms with E-state index in [0.29, 0.717) is 28.7 Å². The van der Waals surface area contributed by atoms with Crippen LogP contribution in [-0.2, 0) is 0 Å². The molecule has 1 aliphatic heterocycles. The Morgan fingerprint density at radius 2 is 1.47 bits per heavy atom. The highest BCUT2D eigenvalue weighted by molar-refractivity contribution is 9.10. The maximum absolute atomic E-state index is 13.0. The van der Waals surface area contributed by atoms with E-state index in [0.717, 1.165) is 17.6 Å². The van der Waals surface area contributed by atoms with Crippen LogP contribution in [0.2, 0.25) is 10.0 Å². The van der Waals surface area contributed by atoms with Crippen molar-refractivity contribution >= 4 is 45.0 Å². The van der Waals surface area contributed by atoms with Crippen molar-refractivity contribution in [1.82, 2.24) is 9.80 Å². The lowest BCUT2D eigenvalue weighted by Crippen LogP contribution is -2.49. The predicted octanol–water partition coefficient (Wildman–Crippen LogP) is 6.30. The highest BCUT2D eigenvalue weighted by atomic mass is 79.9. The fraction of sp³-hybridized carbons (Fsp3) is 0.208. The number of amides is 1. The van der Waals surface area contributed by atoms with Crippen LogP contribution in [0.3, 0.4) is 0 Å². The van der Waals surface area contributed by atoms with Crippen LogP contribution in [0.5, 0.6) is 0 Å². The van der Waals surface area contributed by atoms with Gasteiger partial charge in [0.1, 0.15) is 0 Å². The molecule has 0 radical (unpaired) electrons. The molecule has 1 saturated heterocycles. The Morgan fingerprint density at radius 3 is 2.10 bits per heavy atom. The van der Waals surface area contributed by atoms with Crippen molar-refractivity contribution in [3.63, 3.8) is 0 Å². The predicted molar refractivity (Wildman–Crippen MR) is 126 cm³/mol. The average Bonchev–Trinajstić information content (AvgIpc) is 2.76. The molecular weight excluding hydrogens is 483 g/mol. The summed E-state index contributed by atoms with van der Waals surface area (Å²) in [7, 11) is 0.